The lowest BCUT2D eigenvalue weighted by Gasteiger charge is -2.35. The number of carbonyl (C=O) groups excluding carboxylic acids is 1. The van der Waals surface area contributed by atoms with E-state index in [-0.39, 0.29) is 36.1 Å². The molecule has 3 atom stereocenters. The van der Waals surface area contributed by atoms with Gasteiger partial charge in [0.2, 0.25) is 5.91 Å². The summed E-state index contributed by atoms with van der Waals surface area (Å²) in [5.74, 6) is 0.683. The SMILES string of the molecule is CC1CN(C(=O)CC2CSc3nc4c(cnn4-c4cccc(Cl)c4)c(=O)n32)CC(C)O1. The van der Waals surface area contributed by atoms with Crippen molar-refractivity contribution in [3.8, 4) is 5.69 Å². The van der Waals surface area contributed by atoms with Crippen molar-refractivity contribution in [3.05, 3.63) is 45.8 Å². The van der Waals surface area contributed by atoms with Crippen molar-refractivity contribution < 1.29 is 9.53 Å². The Balaban J connectivity index is 1.46. The number of carbonyl (C=O) groups is 1. The third kappa shape index (κ3) is 3.75. The van der Waals surface area contributed by atoms with Crippen LogP contribution in [0.1, 0.15) is 26.3 Å². The second kappa shape index (κ2) is 7.96. The molecule has 1 fully saturated rings. The van der Waals surface area contributed by atoms with E-state index in [9.17, 15) is 9.59 Å². The Hall–Kier alpha value is -2.36. The van der Waals surface area contributed by atoms with Crippen molar-refractivity contribution in [1.29, 1.82) is 0 Å². The maximum atomic E-state index is 13.3. The van der Waals surface area contributed by atoms with E-state index >= 15 is 0 Å². The molecule has 2 aliphatic heterocycles. The van der Waals surface area contributed by atoms with Crippen LogP contribution in [0.25, 0.3) is 16.7 Å². The average molecular weight is 460 g/mol. The molecule has 162 valence electrons. The summed E-state index contributed by atoms with van der Waals surface area (Å²) in [5.41, 5.74) is 1.07. The summed E-state index contributed by atoms with van der Waals surface area (Å²) >= 11 is 7.61. The fraction of sp³-hybridized carbons (Fsp3) is 0.429. The van der Waals surface area contributed by atoms with Crippen molar-refractivity contribution >= 4 is 40.3 Å². The van der Waals surface area contributed by atoms with Crippen LogP contribution in [0.4, 0.5) is 0 Å². The van der Waals surface area contributed by atoms with Crippen molar-refractivity contribution in [1.82, 2.24) is 24.2 Å². The Bertz CT molecular complexity index is 1220. The largest absolute Gasteiger partial charge is 0.372 e. The molecule has 3 aromatic rings. The Morgan fingerprint density at radius 3 is 2.81 bits per heavy atom. The van der Waals surface area contributed by atoms with E-state index in [1.165, 1.54) is 18.0 Å². The van der Waals surface area contributed by atoms with Gasteiger partial charge in [0, 0.05) is 30.3 Å². The molecule has 2 aromatic heterocycles. The van der Waals surface area contributed by atoms with Crippen LogP contribution in [-0.4, -0.2) is 61.2 Å². The Morgan fingerprint density at radius 1 is 1.29 bits per heavy atom. The molecule has 4 heterocycles. The molecule has 0 N–H and O–H groups in total. The van der Waals surface area contributed by atoms with Gasteiger partial charge in [0.15, 0.2) is 10.8 Å². The first-order chi connectivity index (χ1) is 14.9. The van der Waals surface area contributed by atoms with Crippen LogP contribution in [-0.2, 0) is 9.53 Å². The summed E-state index contributed by atoms with van der Waals surface area (Å²) in [6, 6.07) is 7.03. The van der Waals surface area contributed by atoms with Gasteiger partial charge in [-0.25, -0.2) is 9.67 Å². The number of thioether (sulfide) groups is 1. The number of amides is 1. The van der Waals surface area contributed by atoms with Crippen molar-refractivity contribution in [3.63, 3.8) is 0 Å². The van der Waals surface area contributed by atoms with Crippen molar-refractivity contribution in [2.45, 2.75) is 43.7 Å². The van der Waals surface area contributed by atoms with E-state index in [2.05, 4.69) is 5.10 Å². The zero-order valence-corrected chi connectivity index (χ0v) is 18.8. The molecule has 3 unspecified atom stereocenters. The highest BCUT2D eigenvalue weighted by molar-refractivity contribution is 7.99. The number of benzene rings is 1. The van der Waals surface area contributed by atoms with Gasteiger partial charge in [-0.05, 0) is 32.0 Å². The quantitative estimate of drug-likeness (QED) is 0.560. The van der Waals surface area contributed by atoms with Crippen LogP contribution >= 0.6 is 23.4 Å². The summed E-state index contributed by atoms with van der Waals surface area (Å²) in [5, 5.41) is 5.99. The summed E-state index contributed by atoms with van der Waals surface area (Å²) in [6.45, 7) is 5.10. The average Bonchev–Trinajstić information content (AvgIpc) is 3.32. The van der Waals surface area contributed by atoms with Gasteiger partial charge in [-0.15, -0.1) is 0 Å². The van der Waals surface area contributed by atoms with E-state index in [1.54, 1.807) is 21.4 Å². The number of rotatable bonds is 3. The number of nitrogens with zero attached hydrogens (tertiary/aromatic N) is 5. The van der Waals surface area contributed by atoms with Gasteiger partial charge in [0.1, 0.15) is 5.39 Å². The molecule has 1 aromatic carbocycles. The van der Waals surface area contributed by atoms with Gasteiger partial charge in [0.05, 0.1) is 30.1 Å². The molecule has 10 heteroatoms. The monoisotopic (exact) mass is 459 g/mol. The second-order valence-corrected chi connectivity index (χ2v) is 9.49. The molecule has 0 bridgehead atoms. The summed E-state index contributed by atoms with van der Waals surface area (Å²) in [6.07, 6.45) is 1.83. The maximum absolute atomic E-state index is 13.3. The molecule has 1 saturated heterocycles. The number of aromatic nitrogens is 4. The normalized spacial score (nSPS) is 23.3. The van der Waals surface area contributed by atoms with E-state index in [0.29, 0.717) is 40.1 Å². The molecule has 31 heavy (non-hydrogen) atoms. The summed E-state index contributed by atoms with van der Waals surface area (Å²) < 4.78 is 9.00. The molecule has 5 rings (SSSR count). The van der Waals surface area contributed by atoms with Gasteiger partial charge >= 0.3 is 0 Å². The van der Waals surface area contributed by atoms with Crippen LogP contribution in [0, 0.1) is 0 Å². The van der Waals surface area contributed by atoms with E-state index < -0.39 is 0 Å². The summed E-state index contributed by atoms with van der Waals surface area (Å²) in [7, 11) is 0. The lowest BCUT2D eigenvalue weighted by Crippen LogP contribution is -2.48. The molecular weight excluding hydrogens is 438 g/mol. The predicted octanol–water partition coefficient (Wildman–Crippen LogP) is 2.91. The third-order valence-electron chi connectivity index (χ3n) is 5.61. The highest BCUT2D eigenvalue weighted by atomic mass is 35.5. The first-order valence-electron chi connectivity index (χ1n) is 10.2. The first kappa shape index (κ1) is 20.5. The second-order valence-electron chi connectivity index (χ2n) is 8.07. The minimum absolute atomic E-state index is 0.0132. The number of hydrogen-bond acceptors (Lipinski definition) is 6. The van der Waals surface area contributed by atoms with Gasteiger partial charge in [-0.3, -0.25) is 14.2 Å². The molecule has 1 amide bonds. The van der Waals surface area contributed by atoms with Crippen LogP contribution < -0.4 is 5.56 Å². The predicted molar refractivity (Wildman–Crippen MR) is 119 cm³/mol. The smallest absolute Gasteiger partial charge is 0.265 e. The molecule has 0 spiro atoms. The highest BCUT2D eigenvalue weighted by Gasteiger charge is 2.33. The van der Waals surface area contributed by atoms with Crippen LogP contribution in [0.5, 0.6) is 0 Å². The van der Waals surface area contributed by atoms with E-state index in [0.717, 1.165) is 5.69 Å². The van der Waals surface area contributed by atoms with Crippen LogP contribution in [0.15, 0.2) is 40.4 Å². The Kier molecular flexibility index (Phi) is 5.27. The van der Waals surface area contributed by atoms with Crippen molar-refractivity contribution in [2.24, 2.45) is 0 Å². The standard InChI is InChI=1S/C21H22ClN5O3S/c1-12-9-25(10-13(2)30-12)18(28)7-16-11-31-21-24-19-17(20(29)26(16)21)8-23-27(19)15-5-3-4-14(22)6-15/h3-6,8,12-13,16H,7,9-11H2,1-2H3. The molecule has 2 aliphatic rings. The minimum atomic E-state index is -0.222. The number of halogens is 1. The number of hydrogen-bond donors (Lipinski definition) is 0. The number of morpholine rings is 1. The minimum Gasteiger partial charge on any atom is -0.372 e. The molecular formula is C21H22ClN5O3S. The van der Waals surface area contributed by atoms with E-state index in [1.807, 2.05) is 30.9 Å². The van der Waals surface area contributed by atoms with Gasteiger partial charge in [-0.1, -0.05) is 29.4 Å². The van der Waals surface area contributed by atoms with Gasteiger partial charge in [-0.2, -0.15) is 5.10 Å². The fourth-order valence-corrected chi connectivity index (χ4v) is 5.60. The zero-order chi connectivity index (χ0) is 21.7. The van der Waals surface area contributed by atoms with Crippen molar-refractivity contribution in [2.75, 3.05) is 18.8 Å². The fourth-order valence-electron chi connectivity index (χ4n) is 4.29. The van der Waals surface area contributed by atoms with E-state index in [4.69, 9.17) is 21.3 Å². The Morgan fingerprint density at radius 2 is 2.06 bits per heavy atom. The first-order valence-corrected chi connectivity index (χ1v) is 11.6. The lowest BCUT2D eigenvalue weighted by molar-refractivity contribution is -0.143. The highest BCUT2D eigenvalue weighted by Crippen LogP contribution is 2.34. The Labute approximate surface area is 188 Å². The molecule has 0 saturated carbocycles. The number of ether oxygens (including phenoxy) is 1. The molecule has 0 aliphatic carbocycles. The number of fused-ring (bicyclic) bond motifs is 2. The summed E-state index contributed by atoms with van der Waals surface area (Å²) in [4.78, 5) is 32.8. The van der Waals surface area contributed by atoms with Crippen LogP contribution in [0.2, 0.25) is 5.02 Å². The molecule has 0 radical (unpaired) electrons. The molecule has 8 nitrogen and oxygen atoms in total. The van der Waals surface area contributed by atoms with Gasteiger partial charge in [0.25, 0.3) is 5.56 Å². The lowest BCUT2D eigenvalue weighted by atomic mass is 10.1. The zero-order valence-electron chi connectivity index (χ0n) is 17.2. The van der Waals surface area contributed by atoms with Crippen LogP contribution in [0.3, 0.4) is 0 Å². The van der Waals surface area contributed by atoms with Gasteiger partial charge < -0.3 is 9.64 Å². The third-order valence-corrected chi connectivity index (χ3v) is 6.94. The maximum Gasteiger partial charge on any atom is 0.265 e. The topological polar surface area (TPSA) is 82.3 Å².